The number of benzene rings is 1. The molecule has 0 heterocycles. The molecule has 0 saturated heterocycles. The zero-order valence-electron chi connectivity index (χ0n) is 19.6. The highest BCUT2D eigenvalue weighted by atomic mass is 32.2. The summed E-state index contributed by atoms with van der Waals surface area (Å²) in [5.74, 6) is 0.148. The van der Waals surface area contributed by atoms with Gasteiger partial charge in [-0.25, -0.2) is 4.79 Å². The molecule has 8 nitrogen and oxygen atoms in total. The molecule has 0 aliphatic heterocycles. The lowest BCUT2D eigenvalue weighted by Gasteiger charge is -2.27. The van der Waals surface area contributed by atoms with E-state index < -0.39 is 18.0 Å². The Labute approximate surface area is 195 Å². The Kier molecular flexibility index (Phi) is 12.5. The first-order valence-electron chi connectivity index (χ1n) is 10.9. The van der Waals surface area contributed by atoms with E-state index in [0.29, 0.717) is 31.2 Å². The smallest absolute Gasteiger partial charge is 0.318 e. The Bertz CT molecular complexity index is 758. The van der Waals surface area contributed by atoms with Crippen LogP contribution in [0.5, 0.6) is 0 Å². The summed E-state index contributed by atoms with van der Waals surface area (Å²) in [7, 11) is 1.50. The fourth-order valence-corrected chi connectivity index (χ4v) is 3.52. The number of carbonyl (C=O) groups is 4. The third kappa shape index (κ3) is 10.7. The van der Waals surface area contributed by atoms with Crippen LogP contribution in [0.1, 0.15) is 39.7 Å². The molecule has 0 bridgehead atoms. The van der Waals surface area contributed by atoms with Gasteiger partial charge in [0.05, 0.1) is 0 Å². The molecule has 0 aliphatic carbocycles. The van der Waals surface area contributed by atoms with E-state index in [1.54, 1.807) is 11.8 Å². The lowest BCUT2D eigenvalue weighted by molar-refractivity contribution is -0.129. The molecule has 32 heavy (non-hydrogen) atoms. The highest BCUT2D eigenvalue weighted by Gasteiger charge is 2.26. The number of hydrogen-bond donors (Lipinski definition) is 3. The van der Waals surface area contributed by atoms with Gasteiger partial charge in [-0.05, 0) is 24.8 Å². The molecule has 0 aliphatic rings. The molecule has 3 N–H and O–H groups in total. The standard InChI is InChI=1S/C23H36N4O4S/c1-16(2)11-12-27(13-14-32-18(4)28)23(31)26-20(15-19-9-7-6-8-10-19)22(30)25-17(3)21(29)24-5/h6-10,16-17,20H,11-15H2,1-5H3,(H,24,29)(H,25,30)(H,26,31)/t17-,20-/m0/s1. The zero-order valence-corrected chi connectivity index (χ0v) is 20.5. The fraction of sp³-hybridized carbons (Fsp3) is 0.565. The molecular formula is C23H36N4O4S. The summed E-state index contributed by atoms with van der Waals surface area (Å²) in [5, 5.41) is 8.01. The first kappa shape index (κ1) is 27.5. The minimum Gasteiger partial charge on any atom is -0.357 e. The minimum atomic E-state index is -0.848. The average molecular weight is 465 g/mol. The van der Waals surface area contributed by atoms with Gasteiger partial charge < -0.3 is 20.9 Å². The lowest BCUT2D eigenvalue weighted by Crippen LogP contribution is -2.55. The van der Waals surface area contributed by atoms with Gasteiger partial charge in [-0.2, -0.15) is 0 Å². The van der Waals surface area contributed by atoms with Crippen molar-refractivity contribution in [3.63, 3.8) is 0 Å². The van der Waals surface area contributed by atoms with Gasteiger partial charge in [-0.1, -0.05) is 55.9 Å². The highest BCUT2D eigenvalue weighted by Crippen LogP contribution is 2.09. The second-order valence-electron chi connectivity index (χ2n) is 8.05. The molecular weight excluding hydrogens is 428 g/mol. The Hall–Kier alpha value is -2.55. The Morgan fingerprint density at radius 1 is 0.969 bits per heavy atom. The largest absolute Gasteiger partial charge is 0.357 e. The van der Waals surface area contributed by atoms with Crippen LogP contribution in [0.2, 0.25) is 0 Å². The van der Waals surface area contributed by atoms with Gasteiger partial charge in [0.15, 0.2) is 5.12 Å². The second kappa shape index (κ2) is 14.5. The van der Waals surface area contributed by atoms with Gasteiger partial charge in [-0.15, -0.1) is 0 Å². The van der Waals surface area contributed by atoms with Crippen LogP contribution in [0.25, 0.3) is 0 Å². The number of nitrogens with zero attached hydrogens (tertiary/aromatic N) is 1. The van der Waals surface area contributed by atoms with Crippen molar-refractivity contribution >= 4 is 34.7 Å². The summed E-state index contributed by atoms with van der Waals surface area (Å²) >= 11 is 1.17. The molecule has 0 unspecified atom stereocenters. The van der Waals surface area contributed by atoms with Crippen LogP contribution in [0.3, 0.4) is 0 Å². The van der Waals surface area contributed by atoms with Gasteiger partial charge in [0.25, 0.3) is 0 Å². The molecule has 2 atom stereocenters. The summed E-state index contributed by atoms with van der Waals surface area (Å²) < 4.78 is 0. The van der Waals surface area contributed by atoms with E-state index in [1.807, 2.05) is 30.3 Å². The van der Waals surface area contributed by atoms with E-state index in [9.17, 15) is 19.2 Å². The number of nitrogens with one attached hydrogen (secondary N) is 3. The van der Waals surface area contributed by atoms with Gasteiger partial charge in [0.1, 0.15) is 12.1 Å². The molecule has 9 heteroatoms. The molecule has 0 radical (unpaired) electrons. The maximum atomic E-state index is 13.1. The average Bonchev–Trinajstić information content (AvgIpc) is 2.75. The molecule has 0 aromatic heterocycles. The van der Waals surface area contributed by atoms with Crippen LogP contribution in [0.4, 0.5) is 4.79 Å². The molecule has 1 aromatic carbocycles. The van der Waals surface area contributed by atoms with E-state index in [2.05, 4.69) is 29.8 Å². The molecule has 1 rings (SSSR count). The minimum absolute atomic E-state index is 0.00117. The van der Waals surface area contributed by atoms with Crippen LogP contribution in [0, 0.1) is 5.92 Å². The van der Waals surface area contributed by atoms with Crippen molar-refractivity contribution in [1.29, 1.82) is 0 Å². The van der Waals surface area contributed by atoms with E-state index in [1.165, 1.54) is 25.7 Å². The van der Waals surface area contributed by atoms with Gasteiger partial charge in [0, 0.05) is 39.2 Å². The summed E-state index contributed by atoms with van der Waals surface area (Å²) in [6.45, 7) is 8.16. The number of carbonyl (C=O) groups excluding carboxylic acids is 4. The Morgan fingerprint density at radius 3 is 2.19 bits per heavy atom. The Morgan fingerprint density at radius 2 is 1.62 bits per heavy atom. The molecule has 1 aromatic rings. The maximum Gasteiger partial charge on any atom is 0.318 e. The number of hydrogen-bond acceptors (Lipinski definition) is 5. The topological polar surface area (TPSA) is 108 Å². The number of urea groups is 1. The fourth-order valence-electron chi connectivity index (χ4n) is 2.92. The van der Waals surface area contributed by atoms with Crippen molar-refractivity contribution in [1.82, 2.24) is 20.9 Å². The molecule has 4 amide bonds. The number of rotatable bonds is 12. The Balaban J connectivity index is 2.96. The number of amides is 4. The third-order valence-electron chi connectivity index (χ3n) is 4.83. The molecule has 0 saturated carbocycles. The monoisotopic (exact) mass is 464 g/mol. The summed E-state index contributed by atoms with van der Waals surface area (Å²) in [4.78, 5) is 50.8. The summed E-state index contributed by atoms with van der Waals surface area (Å²) in [6.07, 6.45) is 1.10. The summed E-state index contributed by atoms with van der Waals surface area (Å²) in [6, 6.07) is 7.44. The van der Waals surface area contributed by atoms with Crippen LogP contribution < -0.4 is 16.0 Å². The quantitative estimate of drug-likeness (QED) is 0.440. The summed E-state index contributed by atoms with van der Waals surface area (Å²) in [5.41, 5.74) is 0.890. The van der Waals surface area contributed by atoms with E-state index in [-0.39, 0.29) is 17.1 Å². The van der Waals surface area contributed by atoms with Crippen molar-refractivity contribution in [2.24, 2.45) is 5.92 Å². The number of likely N-dealkylation sites (N-methyl/N-ethyl adjacent to an activating group) is 1. The first-order chi connectivity index (χ1) is 15.1. The molecule has 178 valence electrons. The van der Waals surface area contributed by atoms with Gasteiger partial charge in [0.2, 0.25) is 11.8 Å². The highest BCUT2D eigenvalue weighted by molar-refractivity contribution is 8.13. The van der Waals surface area contributed by atoms with Crippen LogP contribution in [-0.2, 0) is 20.8 Å². The predicted molar refractivity (Wildman–Crippen MR) is 128 cm³/mol. The maximum absolute atomic E-state index is 13.1. The SMILES string of the molecule is CNC(=O)[C@H](C)NC(=O)[C@H](Cc1ccccc1)NC(=O)N(CCSC(C)=O)CCC(C)C. The predicted octanol–water partition coefficient (Wildman–Crippen LogP) is 2.19. The first-order valence-corrected chi connectivity index (χ1v) is 11.9. The zero-order chi connectivity index (χ0) is 24.1. The lowest BCUT2D eigenvalue weighted by atomic mass is 10.0. The normalized spacial score (nSPS) is 12.6. The van der Waals surface area contributed by atoms with Crippen LogP contribution in [-0.4, -0.2) is 65.8 Å². The van der Waals surface area contributed by atoms with Crippen molar-refractivity contribution < 1.29 is 19.2 Å². The van der Waals surface area contributed by atoms with Crippen molar-refractivity contribution in [2.75, 3.05) is 25.9 Å². The third-order valence-corrected chi connectivity index (χ3v) is 5.62. The second-order valence-corrected chi connectivity index (χ2v) is 9.32. The van der Waals surface area contributed by atoms with E-state index in [4.69, 9.17) is 0 Å². The number of thioether (sulfide) groups is 1. The van der Waals surface area contributed by atoms with E-state index in [0.717, 1.165) is 12.0 Å². The molecule has 0 spiro atoms. The van der Waals surface area contributed by atoms with Crippen molar-refractivity contribution in [3.05, 3.63) is 35.9 Å². The van der Waals surface area contributed by atoms with Crippen LogP contribution >= 0.6 is 11.8 Å². The molecule has 0 fully saturated rings. The van der Waals surface area contributed by atoms with Gasteiger partial charge >= 0.3 is 6.03 Å². The van der Waals surface area contributed by atoms with Crippen molar-refractivity contribution in [3.8, 4) is 0 Å². The van der Waals surface area contributed by atoms with Gasteiger partial charge in [-0.3, -0.25) is 14.4 Å². The van der Waals surface area contributed by atoms with E-state index >= 15 is 0 Å². The van der Waals surface area contributed by atoms with Crippen molar-refractivity contribution in [2.45, 2.75) is 52.6 Å². The van der Waals surface area contributed by atoms with Crippen LogP contribution in [0.15, 0.2) is 30.3 Å².